The largest absolute Gasteiger partial charge is 0.379 e. The lowest BCUT2D eigenvalue weighted by molar-refractivity contribution is -0.0466. The number of rotatable bonds is 3. The molecule has 2 aliphatic rings. The lowest BCUT2D eigenvalue weighted by atomic mass is 9.80. The van der Waals surface area contributed by atoms with Gasteiger partial charge in [0, 0.05) is 24.1 Å². The maximum absolute atomic E-state index is 12.5. The van der Waals surface area contributed by atoms with Gasteiger partial charge in [-0.05, 0) is 26.3 Å². The number of anilines is 1. The minimum Gasteiger partial charge on any atom is -0.379 e. The highest BCUT2D eigenvalue weighted by Crippen LogP contribution is 2.46. The smallest absolute Gasteiger partial charge is 0.275 e. The summed E-state index contributed by atoms with van der Waals surface area (Å²) in [5, 5.41) is 10.3. The van der Waals surface area contributed by atoms with Crippen molar-refractivity contribution in [3.8, 4) is 0 Å². The Morgan fingerprint density at radius 3 is 3.07 bits per heavy atom. The quantitative estimate of drug-likeness (QED) is 0.808. The average molecular weight is 407 g/mol. The van der Waals surface area contributed by atoms with E-state index in [0.717, 1.165) is 22.9 Å². The molecule has 0 aliphatic carbocycles. The fourth-order valence-electron chi connectivity index (χ4n) is 3.61. The van der Waals surface area contributed by atoms with Gasteiger partial charge in [-0.1, -0.05) is 11.8 Å². The van der Waals surface area contributed by atoms with Crippen LogP contribution in [-0.4, -0.2) is 44.3 Å². The first kappa shape index (κ1) is 18.5. The number of nitrogens with zero attached hydrogens (tertiary/aromatic N) is 4. The Bertz CT molecular complexity index is 907. The van der Waals surface area contributed by atoms with E-state index in [2.05, 4.69) is 22.3 Å². The molecule has 8 nitrogen and oxygen atoms in total. The highest BCUT2D eigenvalue weighted by Gasteiger charge is 2.49. The molecule has 144 valence electrons. The zero-order valence-corrected chi connectivity index (χ0v) is 17.1. The summed E-state index contributed by atoms with van der Waals surface area (Å²) >= 11 is 3.07. The lowest BCUT2D eigenvalue weighted by Crippen LogP contribution is -2.49. The minimum atomic E-state index is -0.557. The summed E-state index contributed by atoms with van der Waals surface area (Å²) in [6, 6.07) is 1.75. The number of thiazole rings is 1. The molecular formula is C17H22N6O2S2. The zero-order chi connectivity index (χ0) is 19.2. The molecule has 1 saturated heterocycles. The number of amides is 1. The first-order valence-corrected chi connectivity index (χ1v) is 10.6. The molecule has 1 fully saturated rings. The molecule has 4 heterocycles. The van der Waals surface area contributed by atoms with Crippen molar-refractivity contribution in [2.75, 3.05) is 17.7 Å². The van der Waals surface area contributed by atoms with Crippen molar-refractivity contribution in [1.29, 1.82) is 0 Å². The predicted octanol–water partition coefficient (Wildman–Crippen LogP) is 2.12. The third-order valence-electron chi connectivity index (χ3n) is 4.97. The molecule has 1 amide bonds. The highest BCUT2D eigenvalue weighted by molar-refractivity contribution is 8.13. The van der Waals surface area contributed by atoms with Crippen LogP contribution in [-0.2, 0) is 17.3 Å². The first-order valence-electron chi connectivity index (χ1n) is 8.75. The van der Waals surface area contributed by atoms with Crippen molar-refractivity contribution >= 4 is 40.0 Å². The summed E-state index contributed by atoms with van der Waals surface area (Å²) in [7, 11) is 1.75. The summed E-state index contributed by atoms with van der Waals surface area (Å²) in [5.74, 6) is 1.49. The number of amidine groups is 1. The third-order valence-corrected chi connectivity index (χ3v) is 6.94. The maximum atomic E-state index is 12.5. The maximum Gasteiger partial charge on any atom is 0.275 e. The van der Waals surface area contributed by atoms with Gasteiger partial charge in [0.15, 0.2) is 5.17 Å². The van der Waals surface area contributed by atoms with Crippen LogP contribution in [0.15, 0.2) is 16.4 Å². The van der Waals surface area contributed by atoms with E-state index in [1.807, 2.05) is 12.3 Å². The van der Waals surface area contributed by atoms with Crippen LogP contribution < -0.4 is 11.1 Å². The molecule has 2 aromatic rings. The molecule has 0 radical (unpaired) electrons. The Labute approximate surface area is 165 Å². The van der Waals surface area contributed by atoms with Crippen molar-refractivity contribution < 1.29 is 9.53 Å². The summed E-state index contributed by atoms with van der Waals surface area (Å²) in [6.07, 6.45) is 1.12. The zero-order valence-electron chi connectivity index (χ0n) is 15.4. The standard InChI is InChI=1S/C17H22N6O2S2/c1-9-4-12(23(3)22-9)14(24)19-13-7-26-15(20-13)17-8-25-10(2)5-11(17)6-27-16(18)21-17/h4,7,10-11H,5-6,8H2,1-3H3,(H2,18,21)(H,19,24). The van der Waals surface area contributed by atoms with Crippen molar-refractivity contribution in [1.82, 2.24) is 14.8 Å². The van der Waals surface area contributed by atoms with Gasteiger partial charge in [0.1, 0.15) is 22.1 Å². The number of ether oxygens (including phenoxy) is 1. The van der Waals surface area contributed by atoms with Crippen LogP contribution in [0.25, 0.3) is 0 Å². The monoisotopic (exact) mass is 406 g/mol. The predicted molar refractivity (Wildman–Crippen MR) is 107 cm³/mol. The number of aliphatic imine (C=N–C) groups is 1. The molecule has 10 heteroatoms. The number of nitrogens with two attached hydrogens (primary N) is 1. The molecule has 0 spiro atoms. The second-order valence-corrected chi connectivity index (χ2v) is 8.92. The molecule has 4 rings (SSSR count). The number of nitrogens with one attached hydrogen (secondary N) is 1. The Morgan fingerprint density at radius 2 is 2.33 bits per heavy atom. The van der Waals surface area contributed by atoms with E-state index in [1.54, 1.807) is 29.6 Å². The van der Waals surface area contributed by atoms with E-state index in [4.69, 9.17) is 15.5 Å². The van der Waals surface area contributed by atoms with Gasteiger partial charge in [-0.15, -0.1) is 11.3 Å². The van der Waals surface area contributed by atoms with Crippen LogP contribution in [0.5, 0.6) is 0 Å². The van der Waals surface area contributed by atoms with E-state index in [9.17, 15) is 4.79 Å². The number of thioether (sulfide) groups is 1. The number of aryl methyl sites for hydroxylation is 2. The Balaban J connectivity index is 1.60. The van der Waals surface area contributed by atoms with Gasteiger partial charge in [-0.2, -0.15) is 5.10 Å². The SMILES string of the molecule is Cc1cc(C(=O)Nc2csc(C34COC(C)CC3CSC(N)=N4)n2)n(C)n1. The number of carbonyl (C=O) groups excluding carboxylic acids is 1. The second kappa shape index (κ2) is 6.92. The molecule has 0 aromatic carbocycles. The van der Waals surface area contributed by atoms with E-state index in [0.29, 0.717) is 29.2 Å². The Hall–Kier alpha value is -1.91. The van der Waals surface area contributed by atoms with Gasteiger partial charge in [-0.3, -0.25) is 9.48 Å². The molecule has 2 aliphatic heterocycles. The number of aromatic nitrogens is 3. The minimum absolute atomic E-state index is 0.200. The van der Waals surface area contributed by atoms with Crippen molar-refractivity contribution in [3.63, 3.8) is 0 Å². The van der Waals surface area contributed by atoms with Gasteiger partial charge in [-0.25, -0.2) is 9.98 Å². The van der Waals surface area contributed by atoms with Crippen LogP contribution in [0, 0.1) is 12.8 Å². The van der Waals surface area contributed by atoms with Crippen LogP contribution in [0.2, 0.25) is 0 Å². The van der Waals surface area contributed by atoms with Crippen molar-refractivity contribution in [3.05, 3.63) is 27.8 Å². The van der Waals surface area contributed by atoms with Crippen molar-refractivity contribution in [2.24, 2.45) is 23.7 Å². The Morgan fingerprint density at radius 1 is 1.52 bits per heavy atom. The molecule has 3 atom stereocenters. The fourth-order valence-corrected chi connectivity index (χ4v) is 5.59. The first-order chi connectivity index (χ1) is 12.9. The van der Waals surface area contributed by atoms with E-state index < -0.39 is 5.54 Å². The van der Waals surface area contributed by atoms with Crippen molar-refractivity contribution in [2.45, 2.75) is 31.9 Å². The van der Waals surface area contributed by atoms with Gasteiger partial charge < -0.3 is 15.8 Å². The van der Waals surface area contributed by atoms with Gasteiger partial charge in [0.25, 0.3) is 5.91 Å². The van der Waals surface area contributed by atoms with Gasteiger partial charge >= 0.3 is 0 Å². The fraction of sp³-hybridized carbons (Fsp3) is 0.529. The molecule has 3 N–H and O–H groups in total. The number of hydrogen-bond acceptors (Lipinski definition) is 8. The van der Waals surface area contributed by atoms with E-state index in [-0.39, 0.29) is 12.0 Å². The average Bonchev–Trinajstić information content (AvgIpc) is 3.21. The molecule has 27 heavy (non-hydrogen) atoms. The molecule has 0 saturated carbocycles. The highest BCUT2D eigenvalue weighted by atomic mass is 32.2. The number of fused-ring (bicyclic) bond motifs is 1. The topological polar surface area (TPSA) is 107 Å². The van der Waals surface area contributed by atoms with Gasteiger partial charge in [0.2, 0.25) is 0 Å². The van der Waals surface area contributed by atoms with Gasteiger partial charge in [0.05, 0.1) is 18.4 Å². The normalized spacial score (nSPS) is 27.7. The third kappa shape index (κ3) is 3.37. The summed E-state index contributed by atoms with van der Waals surface area (Å²) < 4.78 is 7.49. The molecular weight excluding hydrogens is 384 g/mol. The van der Waals surface area contributed by atoms with Crippen LogP contribution in [0.1, 0.15) is 34.5 Å². The number of hydrogen-bond donors (Lipinski definition) is 2. The van der Waals surface area contributed by atoms with E-state index >= 15 is 0 Å². The van der Waals surface area contributed by atoms with E-state index in [1.165, 1.54) is 11.3 Å². The summed E-state index contributed by atoms with van der Waals surface area (Å²) in [6.45, 7) is 4.40. The number of carbonyl (C=O) groups is 1. The van der Waals surface area contributed by atoms with Crippen LogP contribution in [0.3, 0.4) is 0 Å². The molecule has 3 unspecified atom stereocenters. The lowest BCUT2D eigenvalue weighted by Gasteiger charge is -2.44. The Kier molecular flexibility index (Phi) is 4.73. The molecule has 2 aromatic heterocycles. The molecule has 0 bridgehead atoms. The summed E-state index contributed by atoms with van der Waals surface area (Å²) in [4.78, 5) is 22.0. The summed E-state index contributed by atoms with van der Waals surface area (Å²) in [5.41, 5.74) is 6.76. The second-order valence-electron chi connectivity index (χ2n) is 7.03. The van der Waals surface area contributed by atoms with Crippen LogP contribution >= 0.6 is 23.1 Å². The van der Waals surface area contributed by atoms with Crippen LogP contribution in [0.4, 0.5) is 5.82 Å².